The summed E-state index contributed by atoms with van der Waals surface area (Å²) in [7, 11) is 0. The SMILES string of the molecule is O=C(Nc1ccccc1)/C(Br)=C\Br. The monoisotopic (exact) mass is 303 g/mol. The van der Waals surface area contributed by atoms with E-state index >= 15 is 0 Å². The van der Waals surface area contributed by atoms with Gasteiger partial charge in [-0.15, -0.1) is 0 Å². The van der Waals surface area contributed by atoms with Crippen molar-refractivity contribution in [1.29, 1.82) is 0 Å². The van der Waals surface area contributed by atoms with Crippen molar-refractivity contribution in [2.45, 2.75) is 0 Å². The topological polar surface area (TPSA) is 29.1 Å². The number of carbonyl (C=O) groups is 1. The highest BCUT2D eigenvalue weighted by Gasteiger charge is 2.04. The molecule has 0 saturated carbocycles. The maximum Gasteiger partial charge on any atom is 0.263 e. The summed E-state index contributed by atoms with van der Waals surface area (Å²) in [6.45, 7) is 0. The Morgan fingerprint density at radius 1 is 1.31 bits per heavy atom. The van der Waals surface area contributed by atoms with Gasteiger partial charge in [0.1, 0.15) is 0 Å². The third-order valence-corrected chi connectivity index (χ3v) is 3.01. The summed E-state index contributed by atoms with van der Waals surface area (Å²) in [6, 6.07) is 9.27. The second-order valence-corrected chi connectivity index (χ2v) is 3.59. The molecule has 1 aromatic carbocycles. The molecular weight excluding hydrogens is 298 g/mol. The first-order valence-electron chi connectivity index (χ1n) is 3.56. The lowest BCUT2D eigenvalue weighted by Crippen LogP contribution is -2.10. The average molecular weight is 305 g/mol. The number of hydrogen-bond acceptors (Lipinski definition) is 1. The maximum absolute atomic E-state index is 11.3. The molecule has 2 nitrogen and oxygen atoms in total. The van der Waals surface area contributed by atoms with Crippen LogP contribution in [0.3, 0.4) is 0 Å². The first-order valence-corrected chi connectivity index (χ1v) is 5.27. The van der Waals surface area contributed by atoms with Crippen LogP contribution < -0.4 is 5.32 Å². The van der Waals surface area contributed by atoms with Crippen molar-refractivity contribution in [3.05, 3.63) is 39.8 Å². The van der Waals surface area contributed by atoms with Gasteiger partial charge in [0.25, 0.3) is 5.91 Å². The van der Waals surface area contributed by atoms with Crippen molar-refractivity contribution >= 4 is 43.5 Å². The zero-order valence-corrected chi connectivity index (χ0v) is 9.80. The van der Waals surface area contributed by atoms with Crippen LogP contribution in [0.1, 0.15) is 0 Å². The molecular formula is C9H7Br2NO. The van der Waals surface area contributed by atoms with Crippen molar-refractivity contribution < 1.29 is 4.79 Å². The zero-order valence-electron chi connectivity index (χ0n) is 6.63. The molecule has 0 radical (unpaired) electrons. The largest absolute Gasteiger partial charge is 0.322 e. The van der Waals surface area contributed by atoms with Gasteiger partial charge in [0, 0.05) is 10.7 Å². The molecule has 0 unspecified atom stereocenters. The highest BCUT2D eigenvalue weighted by molar-refractivity contribution is 9.14. The molecule has 0 aliphatic heterocycles. The van der Waals surface area contributed by atoms with Gasteiger partial charge in [0.15, 0.2) is 0 Å². The Balaban J connectivity index is 2.66. The number of rotatable bonds is 2. The third kappa shape index (κ3) is 3.32. The van der Waals surface area contributed by atoms with E-state index in [1.165, 1.54) is 4.99 Å². The minimum Gasteiger partial charge on any atom is -0.322 e. The Bertz CT molecular complexity index is 322. The lowest BCUT2D eigenvalue weighted by atomic mass is 10.3. The second-order valence-electron chi connectivity index (χ2n) is 2.28. The summed E-state index contributed by atoms with van der Waals surface area (Å²) in [4.78, 5) is 12.8. The van der Waals surface area contributed by atoms with Gasteiger partial charge in [-0.05, 0) is 28.1 Å². The standard InChI is InChI=1S/C9H7Br2NO/c10-6-8(11)9(13)12-7-4-2-1-3-5-7/h1-6H,(H,12,13)/b8-6+. The fraction of sp³-hybridized carbons (Fsp3) is 0. The summed E-state index contributed by atoms with van der Waals surface area (Å²) >= 11 is 6.16. The molecule has 4 heteroatoms. The van der Waals surface area contributed by atoms with Crippen LogP contribution >= 0.6 is 31.9 Å². The van der Waals surface area contributed by atoms with Gasteiger partial charge in [-0.1, -0.05) is 34.1 Å². The average Bonchev–Trinajstić information content (AvgIpc) is 2.18. The molecule has 0 aliphatic rings. The molecule has 1 rings (SSSR count). The summed E-state index contributed by atoms with van der Waals surface area (Å²) in [5.74, 6) is -0.178. The number of benzene rings is 1. The number of nitrogens with one attached hydrogen (secondary N) is 1. The van der Waals surface area contributed by atoms with Crippen molar-refractivity contribution in [3.63, 3.8) is 0 Å². The van der Waals surface area contributed by atoms with Crippen molar-refractivity contribution in [2.24, 2.45) is 0 Å². The fourth-order valence-electron chi connectivity index (χ4n) is 0.762. The zero-order chi connectivity index (χ0) is 9.68. The van der Waals surface area contributed by atoms with Gasteiger partial charge >= 0.3 is 0 Å². The third-order valence-electron chi connectivity index (χ3n) is 1.34. The minimum absolute atomic E-state index is 0.178. The second kappa shape index (κ2) is 5.19. The van der Waals surface area contributed by atoms with Crippen LogP contribution in [0.25, 0.3) is 0 Å². The van der Waals surface area contributed by atoms with Gasteiger partial charge in [-0.2, -0.15) is 0 Å². The quantitative estimate of drug-likeness (QED) is 0.835. The molecule has 0 fully saturated rings. The Labute approximate surface area is 93.3 Å². The first kappa shape index (κ1) is 10.5. The van der Waals surface area contributed by atoms with Crippen LogP contribution in [0.4, 0.5) is 5.69 Å². The summed E-state index contributed by atoms with van der Waals surface area (Å²) in [6.07, 6.45) is 0. The molecule has 1 amide bonds. The number of halogens is 2. The summed E-state index contributed by atoms with van der Waals surface area (Å²) < 4.78 is 0.455. The van der Waals surface area contributed by atoms with Crippen LogP contribution in [0.15, 0.2) is 39.8 Å². The number of anilines is 1. The lowest BCUT2D eigenvalue weighted by Gasteiger charge is -2.02. The Morgan fingerprint density at radius 2 is 1.92 bits per heavy atom. The maximum atomic E-state index is 11.3. The first-order chi connectivity index (χ1) is 6.24. The minimum atomic E-state index is -0.178. The van der Waals surface area contributed by atoms with Crippen molar-refractivity contribution in [3.8, 4) is 0 Å². The predicted octanol–water partition coefficient (Wildman–Crippen LogP) is 3.26. The van der Waals surface area contributed by atoms with Crippen LogP contribution in [0.2, 0.25) is 0 Å². The molecule has 0 heterocycles. The molecule has 0 aliphatic carbocycles. The molecule has 1 aromatic rings. The number of amides is 1. The molecule has 13 heavy (non-hydrogen) atoms. The van der Waals surface area contributed by atoms with E-state index < -0.39 is 0 Å². The van der Waals surface area contributed by atoms with Gasteiger partial charge < -0.3 is 5.32 Å². The molecule has 0 aromatic heterocycles. The van der Waals surface area contributed by atoms with Crippen LogP contribution in [0.5, 0.6) is 0 Å². The van der Waals surface area contributed by atoms with E-state index in [1.807, 2.05) is 30.3 Å². The van der Waals surface area contributed by atoms with E-state index in [4.69, 9.17) is 0 Å². The number of carbonyl (C=O) groups excluding carboxylic acids is 1. The van der Waals surface area contributed by atoms with Crippen molar-refractivity contribution in [2.75, 3.05) is 5.32 Å². The predicted molar refractivity (Wildman–Crippen MR) is 61.0 cm³/mol. The van der Waals surface area contributed by atoms with Crippen LogP contribution in [-0.4, -0.2) is 5.91 Å². The Morgan fingerprint density at radius 3 is 2.46 bits per heavy atom. The molecule has 0 saturated heterocycles. The van der Waals surface area contributed by atoms with E-state index in [1.54, 1.807) is 0 Å². The highest BCUT2D eigenvalue weighted by Crippen LogP contribution is 2.12. The van der Waals surface area contributed by atoms with E-state index in [9.17, 15) is 4.79 Å². The molecule has 0 bridgehead atoms. The van der Waals surface area contributed by atoms with Gasteiger partial charge in [0.05, 0.1) is 4.48 Å². The van der Waals surface area contributed by atoms with Gasteiger partial charge in [0.2, 0.25) is 0 Å². The normalized spacial score (nSPS) is 11.1. The van der Waals surface area contributed by atoms with E-state index in [2.05, 4.69) is 37.2 Å². The van der Waals surface area contributed by atoms with Crippen LogP contribution in [-0.2, 0) is 4.79 Å². The molecule has 68 valence electrons. The number of para-hydroxylation sites is 1. The van der Waals surface area contributed by atoms with Gasteiger partial charge in [-0.3, -0.25) is 4.79 Å². The summed E-state index contributed by atoms with van der Waals surface area (Å²) in [5, 5.41) is 2.71. The Hall–Kier alpha value is -0.610. The molecule has 0 atom stereocenters. The van der Waals surface area contributed by atoms with Crippen LogP contribution in [0, 0.1) is 0 Å². The molecule has 1 N–H and O–H groups in total. The summed E-state index contributed by atoms with van der Waals surface area (Å²) in [5.41, 5.74) is 0.777. The Kier molecular flexibility index (Phi) is 4.18. The van der Waals surface area contributed by atoms with Crippen molar-refractivity contribution in [1.82, 2.24) is 0 Å². The molecule has 0 spiro atoms. The smallest absolute Gasteiger partial charge is 0.263 e. The lowest BCUT2D eigenvalue weighted by molar-refractivity contribution is -0.112. The van der Waals surface area contributed by atoms with E-state index in [0.29, 0.717) is 4.48 Å². The van der Waals surface area contributed by atoms with E-state index in [-0.39, 0.29) is 5.91 Å². The highest BCUT2D eigenvalue weighted by atomic mass is 79.9. The van der Waals surface area contributed by atoms with E-state index in [0.717, 1.165) is 5.69 Å². The number of hydrogen-bond donors (Lipinski definition) is 1. The fourth-order valence-corrected chi connectivity index (χ4v) is 1.07. The van der Waals surface area contributed by atoms with Gasteiger partial charge in [-0.25, -0.2) is 0 Å².